The minimum absolute atomic E-state index is 0.176. The van der Waals surface area contributed by atoms with Crippen LogP contribution >= 0.6 is 0 Å². The maximum atomic E-state index is 15.0. The molecule has 8 heteroatoms. The summed E-state index contributed by atoms with van der Waals surface area (Å²) in [5, 5.41) is 9.70. The van der Waals surface area contributed by atoms with Crippen molar-refractivity contribution in [1.82, 2.24) is 15.0 Å². The highest BCUT2D eigenvalue weighted by Gasteiger charge is 2.51. The molecule has 0 radical (unpaired) electrons. The lowest BCUT2D eigenvalue weighted by molar-refractivity contribution is -0.152. The number of hydrogen-bond acceptors (Lipinski definition) is 4. The van der Waals surface area contributed by atoms with Gasteiger partial charge in [0.05, 0.1) is 16.5 Å². The first-order chi connectivity index (χ1) is 17.4. The Labute approximate surface area is 206 Å². The van der Waals surface area contributed by atoms with Crippen molar-refractivity contribution in [2.24, 2.45) is 5.41 Å². The summed E-state index contributed by atoms with van der Waals surface area (Å²) in [5.74, 6) is -0.869. The maximum absolute atomic E-state index is 15.0. The summed E-state index contributed by atoms with van der Waals surface area (Å²) in [5.41, 5.74) is 1.34. The number of ether oxygens (including phenoxy) is 1. The molecule has 2 aromatic carbocycles. The number of H-pyrrole nitrogens is 1. The highest BCUT2D eigenvalue weighted by atomic mass is 19.1. The maximum Gasteiger partial charge on any atom is 0.309 e. The van der Waals surface area contributed by atoms with Gasteiger partial charge in [-0.3, -0.25) is 4.79 Å². The summed E-state index contributed by atoms with van der Waals surface area (Å²) in [6.45, 7) is 0. The van der Waals surface area contributed by atoms with Crippen LogP contribution in [0.25, 0.3) is 33.5 Å². The first-order valence-electron chi connectivity index (χ1n) is 12.2. The van der Waals surface area contributed by atoms with E-state index < -0.39 is 23.0 Å². The van der Waals surface area contributed by atoms with Crippen molar-refractivity contribution in [3.05, 3.63) is 66.4 Å². The molecule has 6 nitrogen and oxygen atoms in total. The van der Waals surface area contributed by atoms with Crippen LogP contribution in [-0.2, 0) is 4.79 Å². The van der Waals surface area contributed by atoms with E-state index in [9.17, 15) is 14.3 Å². The van der Waals surface area contributed by atoms with E-state index in [1.165, 1.54) is 12.1 Å². The number of para-hydroxylation sites is 1. The van der Waals surface area contributed by atoms with Crippen molar-refractivity contribution in [2.45, 2.75) is 50.5 Å². The molecule has 2 bridgehead atoms. The van der Waals surface area contributed by atoms with Gasteiger partial charge in [-0.2, -0.15) is 0 Å². The molecule has 2 aromatic heterocycles. The van der Waals surface area contributed by atoms with Gasteiger partial charge in [0, 0.05) is 17.8 Å². The zero-order chi connectivity index (χ0) is 24.9. The number of fused-ring (bicyclic) bond motifs is 5. The molecule has 3 fully saturated rings. The molecule has 3 aliphatic rings. The second-order valence-corrected chi connectivity index (χ2v) is 10.0. The number of benzene rings is 2. The molecule has 3 saturated carbocycles. The number of rotatable bonds is 5. The quantitative estimate of drug-likeness (QED) is 0.333. The van der Waals surface area contributed by atoms with Gasteiger partial charge in [-0.1, -0.05) is 12.1 Å². The lowest BCUT2D eigenvalue weighted by Gasteiger charge is -2.40. The van der Waals surface area contributed by atoms with Crippen LogP contribution in [0.4, 0.5) is 8.78 Å². The van der Waals surface area contributed by atoms with Gasteiger partial charge >= 0.3 is 5.97 Å². The van der Waals surface area contributed by atoms with Gasteiger partial charge in [-0.05, 0) is 80.8 Å². The van der Waals surface area contributed by atoms with Crippen LogP contribution in [0.1, 0.15) is 44.9 Å². The van der Waals surface area contributed by atoms with E-state index in [2.05, 4.69) is 15.0 Å². The second-order valence-electron chi connectivity index (χ2n) is 10.0. The van der Waals surface area contributed by atoms with Gasteiger partial charge < -0.3 is 14.8 Å². The van der Waals surface area contributed by atoms with Crippen LogP contribution in [0.5, 0.6) is 5.88 Å². The number of halogens is 2. The van der Waals surface area contributed by atoms with Crippen LogP contribution in [0.2, 0.25) is 0 Å². The minimum Gasteiger partial charge on any atom is -0.481 e. The molecule has 0 unspecified atom stereocenters. The fourth-order valence-corrected chi connectivity index (χ4v) is 5.75. The van der Waals surface area contributed by atoms with E-state index >= 15 is 4.39 Å². The SMILES string of the molecule is O=C(O)C12CCCC(Oc3ccc(-c4ccc(-c5nc6c(F)cccc6[nH]5)c(F)c4)cn3)(CC1)CC2. The van der Waals surface area contributed by atoms with Crippen molar-refractivity contribution in [2.75, 3.05) is 0 Å². The molecule has 0 amide bonds. The number of hydrogen-bond donors (Lipinski definition) is 2. The summed E-state index contributed by atoms with van der Waals surface area (Å²) < 4.78 is 35.4. The van der Waals surface area contributed by atoms with Gasteiger partial charge in [-0.15, -0.1) is 0 Å². The van der Waals surface area contributed by atoms with E-state index in [1.807, 2.05) is 6.07 Å². The van der Waals surface area contributed by atoms with Crippen molar-refractivity contribution >= 4 is 17.0 Å². The number of aromatic nitrogens is 3. The number of pyridine rings is 1. The number of carboxylic acids is 1. The molecular formula is C28H25F2N3O3. The number of carbonyl (C=O) groups is 1. The minimum atomic E-state index is -0.689. The van der Waals surface area contributed by atoms with Gasteiger partial charge in [0.25, 0.3) is 0 Å². The lowest BCUT2D eigenvalue weighted by Crippen LogP contribution is -2.43. The zero-order valence-corrected chi connectivity index (χ0v) is 19.6. The lowest BCUT2D eigenvalue weighted by atomic mass is 9.70. The van der Waals surface area contributed by atoms with Gasteiger partial charge in [0.15, 0.2) is 5.82 Å². The number of nitrogens with zero attached hydrogens (tertiary/aromatic N) is 2. The van der Waals surface area contributed by atoms with Crippen LogP contribution < -0.4 is 4.74 Å². The molecule has 7 rings (SSSR count). The number of aliphatic carboxylic acids is 1. The fourth-order valence-electron chi connectivity index (χ4n) is 5.75. The normalized spacial score (nSPS) is 23.5. The third-order valence-corrected chi connectivity index (χ3v) is 7.94. The molecule has 2 heterocycles. The van der Waals surface area contributed by atoms with Crippen LogP contribution in [-0.4, -0.2) is 31.6 Å². The second kappa shape index (κ2) is 8.40. The van der Waals surface area contributed by atoms with E-state index in [0.29, 0.717) is 49.1 Å². The molecule has 36 heavy (non-hydrogen) atoms. The summed E-state index contributed by atoms with van der Waals surface area (Å²) in [7, 11) is 0. The molecule has 0 aliphatic heterocycles. The van der Waals surface area contributed by atoms with Crippen molar-refractivity contribution in [1.29, 1.82) is 0 Å². The predicted octanol–water partition coefficient (Wildman–Crippen LogP) is 6.52. The van der Waals surface area contributed by atoms with Crippen molar-refractivity contribution < 1.29 is 23.4 Å². The Morgan fingerprint density at radius 2 is 1.75 bits per heavy atom. The zero-order valence-electron chi connectivity index (χ0n) is 19.6. The third kappa shape index (κ3) is 3.81. The van der Waals surface area contributed by atoms with Gasteiger partial charge in [-0.25, -0.2) is 18.7 Å². The Morgan fingerprint density at radius 1 is 0.944 bits per heavy atom. The smallest absolute Gasteiger partial charge is 0.309 e. The van der Waals surface area contributed by atoms with Crippen molar-refractivity contribution in [3.8, 4) is 28.4 Å². The predicted molar refractivity (Wildman–Crippen MR) is 130 cm³/mol. The summed E-state index contributed by atoms with van der Waals surface area (Å²) in [6.07, 6.45) is 6.68. The third-order valence-electron chi connectivity index (χ3n) is 7.94. The summed E-state index contributed by atoms with van der Waals surface area (Å²) in [6, 6.07) is 13.0. The van der Waals surface area contributed by atoms with Crippen LogP contribution in [0.3, 0.4) is 0 Å². The Balaban J connectivity index is 1.20. The molecular weight excluding hydrogens is 464 g/mol. The Morgan fingerprint density at radius 3 is 2.44 bits per heavy atom. The van der Waals surface area contributed by atoms with Gasteiger partial charge in [0.1, 0.15) is 22.8 Å². The molecule has 184 valence electrons. The first kappa shape index (κ1) is 22.6. The number of carboxylic acid groups (broad SMARTS) is 1. The highest BCUT2D eigenvalue weighted by molar-refractivity contribution is 5.80. The standard InChI is InChI=1S/C28H25F2N3O3/c29-20-3-1-4-22-24(20)33-25(32-22)19-7-5-17(15-21(19)30)18-6-8-23(31-16-18)36-28-10-2-9-27(11-13-28,12-14-28)26(34)35/h1,3-8,15-16H,2,9-14H2,(H,32,33)(H,34,35). The Kier molecular flexibility index (Phi) is 5.28. The van der Waals surface area contributed by atoms with Crippen molar-refractivity contribution in [3.63, 3.8) is 0 Å². The van der Waals surface area contributed by atoms with E-state index in [0.717, 1.165) is 18.4 Å². The topological polar surface area (TPSA) is 88.1 Å². The highest BCUT2D eigenvalue weighted by Crippen LogP contribution is 2.51. The summed E-state index contributed by atoms with van der Waals surface area (Å²) >= 11 is 0. The largest absolute Gasteiger partial charge is 0.481 e. The molecule has 2 N–H and O–H groups in total. The van der Waals surface area contributed by atoms with Crippen LogP contribution in [0.15, 0.2) is 54.7 Å². The van der Waals surface area contributed by atoms with Gasteiger partial charge in [0.2, 0.25) is 5.88 Å². The first-order valence-corrected chi connectivity index (χ1v) is 12.2. The molecule has 3 aliphatic carbocycles. The van der Waals surface area contributed by atoms with Crippen LogP contribution in [0, 0.1) is 17.0 Å². The number of nitrogens with one attached hydrogen (secondary N) is 1. The van der Waals surface area contributed by atoms with E-state index in [1.54, 1.807) is 36.5 Å². The monoisotopic (exact) mass is 489 g/mol. The molecule has 0 spiro atoms. The van der Waals surface area contributed by atoms with E-state index in [4.69, 9.17) is 4.74 Å². The molecule has 0 atom stereocenters. The average molecular weight is 490 g/mol. The number of aromatic amines is 1. The van der Waals surface area contributed by atoms with E-state index in [-0.39, 0.29) is 22.5 Å². The Hall–Kier alpha value is -3.81. The Bertz CT molecular complexity index is 1460. The summed E-state index contributed by atoms with van der Waals surface area (Å²) in [4.78, 5) is 23.5. The fraction of sp³-hybridized carbons (Fsp3) is 0.321. The average Bonchev–Trinajstić information content (AvgIpc) is 3.12. The number of imidazole rings is 1. The molecule has 0 saturated heterocycles. The molecule has 4 aromatic rings.